The second-order valence-electron chi connectivity index (χ2n) is 4.50. The molecule has 20 heavy (non-hydrogen) atoms. The standard InChI is InChI=1S/C14H12N4O2/c1-8-16-12(7-15)14(20-8)18-17-11-6-5-10-9(11)3-2-4-13(10)19/h2-4,18-19H,5-6H2,1H3/b17-11+. The second-order valence-corrected chi connectivity index (χ2v) is 4.50. The number of oxazole rings is 1. The van der Waals surface area contributed by atoms with E-state index in [-0.39, 0.29) is 11.6 Å². The van der Waals surface area contributed by atoms with Crippen LogP contribution in [0.2, 0.25) is 0 Å². The van der Waals surface area contributed by atoms with Crippen LogP contribution in [-0.4, -0.2) is 15.8 Å². The summed E-state index contributed by atoms with van der Waals surface area (Å²) in [7, 11) is 0. The Kier molecular flexibility index (Phi) is 2.88. The number of aromatic hydroxyl groups is 1. The number of phenolic OH excluding ortho intramolecular Hbond substituents is 1. The minimum atomic E-state index is 0.181. The van der Waals surface area contributed by atoms with Crippen molar-refractivity contribution in [3.63, 3.8) is 0 Å². The fourth-order valence-electron chi connectivity index (χ4n) is 2.30. The van der Waals surface area contributed by atoms with Crippen molar-refractivity contribution < 1.29 is 9.52 Å². The van der Waals surface area contributed by atoms with E-state index in [1.165, 1.54) is 0 Å². The molecule has 0 atom stereocenters. The average molecular weight is 268 g/mol. The summed E-state index contributed by atoms with van der Waals surface area (Å²) in [5, 5.41) is 23.0. The summed E-state index contributed by atoms with van der Waals surface area (Å²) >= 11 is 0. The van der Waals surface area contributed by atoms with Crippen LogP contribution in [0, 0.1) is 18.3 Å². The highest BCUT2D eigenvalue weighted by Gasteiger charge is 2.21. The Hall–Kier alpha value is -2.81. The zero-order valence-corrected chi connectivity index (χ0v) is 10.8. The Morgan fingerprint density at radius 2 is 2.30 bits per heavy atom. The number of hydrazone groups is 1. The molecule has 0 bridgehead atoms. The van der Waals surface area contributed by atoms with Crippen LogP contribution in [0.5, 0.6) is 5.75 Å². The van der Waals surface area contributed by atoms with Gasteiger partial charge in [0.15, 0.2) is 5.89 Å². The van der Waals surface area contributed by atoms with E-state index in [9.17, 15) is 5.11 Å². The van der Waals surface area contributed by atoms with Crippen molar-refractivity contribution in [3.8, 4) is 11.8 Å². The van der Waals surface area contributed by atoms with Crippen LogP contribution in [0.1, 0.15) is 29.1 Å². The molecule has 2 N–H and O–H groups in total. The van der Waals surface area contributed by atoms with Gasteiger partial charge < -0.3 is 9.52 Å². The number of benzene rings is 1. The summed E-state index contributed by atoms with van der Waals surface area (Å²) in [4.78, 5) is 3.93. The van der Waals surface area contributed by atoms with Crippen molar-refractivity contribution in [2.24, 2.45) is 5.10 Å². The highest BCUT2D eigenvalue weighted by atomic mass is 16.4. The molecule has 6 nitrogen and oxygen atoms in total. The van der Waals surface area contributed by atoms with E-state index in [2.05, 4.69) is 15.5 Å². The third-order valence-corrected chi connectivity index (χ3v) is 3.21. The van der Waals surface area contributed by atoms with Crippen LogP contribution in [0.15, 0.2) is 27.7 Å². The summed E-state index contributed by atoms with van der Waals surface area (Å²) in [6, 6.07) is 7.31. The van der Waals surface area contributed by atoms with Crippen molar-refractivity contribution in [1.29, 1.82) is 5.26 Å². The first-order chi connectivity index (χ1) is 9.69. The van der Waals surface area contributed by atoms with Crippen LogP contribution in [-0.2, 0) is 6.42 Å². The Morgan fingerprint density at radius 1 is 1.45 bits per heavy atom. The van der Waals surface area contributed by atoms with Gasteiger partial charge in [0.25, 0.3) is 5.88 Å². The van der Waals surface area contributed by atoms with Crippen molar-refractivity contribution in [3.05, 3.63) is 40.9 Å². The van der Waals surface area contributed by atoms with Gasteiger partial charge in [0, 0.05) is 18.1 Å². The van der Waals surface area contributed by atoms with Gasteiger partial charge in [-0.05, 0) is 18.9 Å². The van der Waals surface area contributed by atoms with Gasteiger partial charge in [-0.25, -0.2) is 10.4 Å². The lowest BCUT2D eigenvalue weighted by molar-refractivity contribution is 0.469. The molecule has 0 radical (unpaired) electrons. The van der Waals surface area contributed by atoms with E-state index < -0.39 is 0 Å². The fourth-order valence-corrected chi connectivity index (χ4v) is 2.30. The maximum absolute atomic E-state index is 9.77. The zero-order chi connectivity index (χ0) is 14.1. The lowest BCUT2D eigenvalue weighted by Gasteiger charge is -2.02. The first-order valence-corrected chi connectivity index (χ1v) is 6.20. The smallest absolute Gasteiger partial charge is 0.252 e. The number of anilines is 1. The van der Waals surface area contributed by atoms with Gasteiger partial charge >= 0.3 is 0 Å². The van der Waals surface area contributed by atoms with E-state index in [1.54, 1.807) is 19.1 Å². The number of nitrogens with zero attached hydrogens (tertiary/aromatic N) is 3. The lowest BCUT2D eigenvalue weighted by atomic mass is 10.1. The van der Waals surface area contributed by atoms with Crippen molar-refractivity contribution in [2.75, 3.05) is 5.43 Å². The van der Waals surface area contributed by atoms with Gasteiger partial charge in [0.2, 0.25) is 5.69 Å². The molecule has 6 heteroatoms. The number of aromatic nitrogens is 1. The monoisotopic (exact) mass is 268 g/mol. The number of aryl methyl sites for hydroxylation is 1. The molecule has 0 unspecified atom stereocenters. The van der Waals surface area contributed by atoms with Crippen LogP contribution in [0.3, 0.4) is 0 Å². The SMILES string of the molecule is Cc1nc(C#N)c(N/N=C2\CCc3c(O)cccc32)o1. The van der Waals surface area contributed by atoms with Gasteiger partial charge in [-0.2, -0.15) is 10.4 Å². The predicted molar refractivity (Wildman–Crippen MR) is 72.5 cm³/mol. The Morgan fingerprint density at radius 3 is 3.10 bits per heavy atom. The van der Waals surface area contributed by atoms with Crippen molar-refractivity contribution in [1.82, 2.24) is 4.98 Å². The molecule has 0 fully saturated rings. The van der Waals surface area contributed by atoms with E-state index in [0.717, 1.165) is 29.7 Å². The van der Waals surface area contributed by atoms with Crippen LogP contribution in [0.4, 0.5) is 5.88 Å². The first-order valence-electron chi connectivity index (χ1n) is 6.20. The van der Waals surface area contributed by atoms with Crippen molar-refractivity contribution >= 4 is 11.6 Å². The van der Waals surface area contributed by atoms with Gasteiger partial charge in [-0.1, -0.05) is 12.1 Å². The Balaban J connectivity index is 1.89. The maximum Gasteiger partial charge on any atom is 0.252 e. The molecule has 0 spiro atoms. The minimum Gasteiger partial charge on any atom is -0.508 e. The molecule has 1 aliphatic carbocycles. The van der Waals surface area contributed by atoms with E-state index in [4.69, 9.17) is 9.68 Å². The van der Waals surface area contributed by atoms with E-state index in [0.29, 0.717) is 11.6 Å². The van der Waals surface area contributed by atoms with E-state index >= 15 is 0 Å². The van der Waals surface area contributed by atoms with Gasteiger partial charge in [-0.3, -0.25) is 0 Å². The summed E-state index contributed by atoms with van der Waals surface area (Å²) in [5.74, 6) is 0.945. The highest BCUT2D eigenvalue weighted by Crippen LogP contribution is 2.30. The molecule has 3 rings (SSSR count). The summed E-state index contributed by atoms with van der Waals surface area (Å²) in [6.07, 6.45) is 1.48. The molecular weight excluding hydrogens is 256 g/mol. The molecule has 1 aliphatic rings. The number of hydrogen-bond acceptors (Lipinski definition) is 6. The number of fused-ring (bicyclic) bond motifs is 1. The summed E-state index contributed by atoms with van der Waals surface area (Å²) in [6.45, 7) is 1.67. The zero-order valence-electron chi connectivity index (χ0n) is 10.8. The Labute approximate surface area is 115 Å². The highest BCUT2D eigenvalue weighted by molar-refractivity contribution is 6.05. The van der Waals surface area contributed by atoms with E-state index in [1.807, 2.05) is 12.1 Å². The van der Waals surface area contributed by atoms with Crippen LogP contribution < -0.4 is 5.43 Å². The molecule has 0 amide bonds. The normalized spacial score (nSPS) is 15.1. The van der Waals surface area contributed by atoms with Crippen molar-refractivity contribution in [2.45, 2.75) is 19.8 Å². The fraction of sp³-hybridized carbons (Fsp3) is 0.214. The second kappa shape index (κ2) is 4.70. The maximum atomic E-state index is 9.77. The number of nitrogens with one attached hydrogen (secondary N) is 1. The molecule has 0 saturated heterocycles. The molecule has 0 aliphatic heterocycles. The average Bonchev–Trinajstić information content (AvgIpc) is 3.00. The molecule has 100 valence electrons. The number of rotatable bonds is 2. The lowest BCUT2D eigenvalue weighted by Crippen LogP contribution is -2.00. The third-order valence-electron chi connectivity index (χ3n) is 3.21. The number of hydrogen-bond donors (Lipinski definition) is 2. The topological polar surface area (TPSA) is 94.4 Å². The number of phenols is 1. The largest absolute Gasteiger partial charge is 0.508 e. The Bertz CT molecular complexity index is 740. The molecule has 1 heterocycles. The molecule has 0 saturated carbocycles. The molecular formula is C14H12N4O2. The summed E-state index contributed by atoms with van der Waals surface area (Å²) < 4.78 is 5.28. The summed E-state index contributed by atoms with van der Waals surface area (Å²) in [5.41, 5.74) is 5.58. The van der Waals surface area contributed by atoms with Crippen LogP contribution >= 0.6 is 0 Å². The third kappa shape index (κ3) is 1.99. The van der Waals surface area contributed by atoms with Gasteiger partial charge in [-0.15, -0.1) is 0 Å². The minimum absolute atomic E-state index is 0.181. The predicted octanol–water partition coefficient (Wildman–Crippen LogP) is 2.32. The van der Waals surface area contributed by atoms with Gasteiger partial charge in [0.1, 0.15) is 11.8 Å². The molecule has 1 aromatic heterocycles. The van der Waals surface area contributed by atoms with Gasteiger partial charge in [0.05, 0.1) is 5.71 Å². The molecule has 2 aromatic rings. The van der Waals surface area contributed by atoms with Crippen LogP contribution in [0.25, 0.3) is 0 Å². The number of nitriles is 1. The molecule has 1 aromatic carbocycles. The first kappa shape index (κ1) is 12.2. The quantitative estimate of drug-likeness (QED) is 0.815.